The number of non-ortho nitro benzene ring substituents is 1. The summed E-state index contributed by atoms with van der Waals surface area (Å²) < 4.78 is 5.64. The van der Waals surface area contributed by atoms with Crippen LogP contribution in [0.1, 0.15) is 33.3 Å². The number of imide groups is 1. The number of hydrogen-bond donors (Lipinski definition) is 1. The van der Waals surface area contributed by atoms with E-state index in [4.69, 9.17) is 4.74 Å². The third-order valence-corrected chi connectivity index (χ3v) is 3.67. The molecular formula is C16H21N3O5. The number of carbonyl (C=O) groups is 2. The molecule has 1 N–H and O–H groups in total. The lowest BCUT2D eigenvalue weighted by atomic mass is 10.0. The highest BCUT2D eigenvalue weighted by atomic mass is 16.6. The van der Waals surface area contributed by atoms with Crippen LogP contribution in [-0.2, 0) is 11.3 Å². The van der Waals surface area contributed by atoms with Crippen LogP contribution < -0.4 is 10.1 Å². The van der Waals surface area contributed by atoms with Gasteiger partial charge in [-0.2, -0.15) is 0 Å². The van der Waals surface area contributed by atoms with Crippen molar-refractivity contribution < 1.29 is 19.2 Å². The third-order valence-electron chi connectivity index (χ3n) is 3.67. The zero-order valence-corrected chi connectivity index (χ0v) is 14.1. The van der Waals surface area contributed by atoms with Gasteiger partial charge < -0.3 is 10.1 Å². The first-order valence-corrected chi connectivity index (χ1v) is 7.76. The van der Waals surface area contributed by atoms with Gasteiger partial charge in [0.25, 0.3) is 11.6 Å². The van der Waals surface area contributed by atoms with Crippen LogP contribution in [0.2, 0.25) is 0 Å². The molecule has 1 heterocycles. The molecule has 130 valence electrons. The van der Waals surface area contributed by atoms with Gasteiger partial charge in [-0.1, -0.05) is 13.8 Å². The van der Waals surface area contributed by atoms with Gasteiger partial charge in [-0.15, -0.1) is 0 Å². The molecule has 8 nitrogen and oxygen atoms in total. The number of nitro benzene ring substituents is 1. The van der Waals surface area contributed by atoms with E-state index in [1.54, 1.807) is 0 Å². The number of rotatable bonds is 6. The number of nitro groups is 1. The summed E-state index contributed by atoms with van der Waals surface area (Å²) in [5.74, 6) is 0.0455. The summed E-state index contributed by atoms with van der Waals surface area (Å²) >= 11 is 0. The normalized spacial score (nSPS) is 17.6. The van der Waals surface area contributed by atoms with Crippen LogP contribution in [0.25, 0.3) is 0 Å². The summed E-state index contributed by atoms with van der Waals surface area (Å²) in [6.07, 6.45) is -0.142. The van der Waals surface area contributed by atoms with Gasteiger partial charge in [-0.3, -0.25) is 19.8 Å². The van der Waals surface area contributed by atoms with Gasteiger partial charge in [0, 0.05) is 17.7 Å². The highest BCUT2D eigenvalue weighted by molar-refractivity contribution is 6.04. The molecule has 1 aliphatic rings. The van der Waals surface area contributed by atoms with Gasteiger partial charge in [0.15, 0.2) is 0 Å². The van der Waals surface area contributed by atoms with Crippen molar-refractivity contribution in [1.29, 1.82) is 0 Å². The first-order chi connectivity index (χ1) is 11.2. The Bertz CT molecular complexity index is 672. The van der Waals surface area contributed by atoms with E-state index in [2.05, 4.69) is 5.32 Å². The fourth-order valence-electron chi connectivity index (χ4n) is 2.48. The quantitative estimate of drug-likeness (QED) is 0.489. The largest absolute Gasteiger partial charge is 0.491 e. The smallest absolute Gasteiger partial charge is 0.325 e. The molecule has 1 fully saturated rings. The van der Waals surface area contributed by atoms with Gasteiger partial charge >= 0.3 is 6.03 Å². The lowest BCUT2D eigenvalue weighted by Crippen LogP contribution is -2.34. The Kier molecular flexibility index (Phi) is 5.06. The zero-order valence-electron chi connectivity index (χ0n) is 14.1. The number of amides is 3. The fourth-order valence-corrected chi connectivity index (χ4v) is 2.48. The standard InChI is InChI=1S/C16H21N3O5/c1-9(2)14-15(20)18(16(21)17-14)8-11-7-12(19(22)23)5-6-13(11)24-10(3)4/h5-7,9-10,14H,8H2,1-4H3,(H,17,21). The minimum absolute atomic E-state index is 0.0389. The Morgan fingerprint density at radius 1 is 1.29 bits per heavy atom. The molecule has 2 rings (SSSR count). The average Bonchev–Trinajstić information content (AvgIpc) is 2.76. The molecule has 24 heavy (non-hydrogen) atoms. The van der Waals surface area contributed by atoms with E-state index in [1.165, 1.54) is 18.2 Å². The molecule has 1 aromatic carbocycles. The predicted molar refractivity (Wildman–Crippen MR) is 86.6 cm³/mol. The van der Waals surface area contributed by atoms with Crippen molar-refractivity contribution >= 4 is 17.6 Å². The van der Waals surface area contributed by atoms with Crippen LogP contribution in [0, 0.1) is 16.0 Å². The van der Waals surface area contributed by atoms with E-state index in [1.807, 2.05) is 27.7 Å². The number of ether oxygens (including phenoxy) is 1. The van der Waals surface area contributed by atoms with E-state index in [9.17, 15) is 19.7 Å². The van der Waals surface area contributed by atoms with Crippen molar-refractivity contribution in [1.82, 2.24) is 10.2 Å². The highest BCUT2D eigenvalue weighted by Gasteiger charge is 2.39. The van der Waals surface area contributed by atoms with Crippen LogP contribution in [0.5, 0.6) is 5.75 Å². The van der Waals surface area contributed by atoms with Gasteiger partial charge in [0.2, 0.25) is 0 Å². The number of urea groups is 1. The monoisotopic (exact) mass is 335 g/mol. The molecule has 0 aromatic heterocycles. The first-order valence-electron chi connectivity index (χ1n) is 7.76. The van der Waals surface area contributed by atoms with E-state index in [-0.39, 0.29) is 30.2 Å². The molecule has 0 bridgehead atoms. The van der Waals surface area contributed by atoms with E-state index in [0.717, 1.165) is 4.90 Å². The predicted octanol–water partition coefficient (Wildman–Crippen LogP) is 2.46. The topological polar surface area (TPSA) is 102 Å². The van der Waals surface area contributed by atoms with Crippen LogP contribution in [0.4, 0.5) is 10.5 Å². The second kappa shape index (κ2) is 6.86. The molecule has 8 heteroatoms. The molecule has 0 spiro atoms. The van der Waals surface area contributed by atoms with Crippen molar-refractivity contribution in [3.63, 3.8) is 0 Å². The van der Waals surface area contributed by atoms with Gasteiger partial charge in [0.05, 0.1) is 17.6 Å². The molecule has 1 unspecified atom stereocenters. The third kappa shape index (κ3) is 3.64. The Labute approximate surface area is 139 Å². The number of nitrogens with zero attached hydrogens (tertiary/aromatic N) is 2. The summed E-state index contributed by atoms with van der Waals surface area (Å²) in [5.41, 5.74) is 0.305. The molecule has 0 radical (unpaired) electrons. The van der Waals surface area contributed by atoms with Crippen molar-refractivity contribution in [2.75, 3.05) is 0 Å². The van der Waals surface area contributed by atoms with Gasteiger partial charge in [-0.05, 0) is 25.8 Å². The second-order valence-corrected chi connectivity index (χ2v) is 6.31. The Hall–Kier alpha value is -2.64. The summed E-state index contributed by atoms with van der Waals surface area (Å²) in [6, 6.07) is 3.09. The average molecular weight is 335 g/mol. The maximum Gasteiger partial charge on any atom is 0.325 e. The van der Waals surface area contributed by atoms with Gasteiger partial charge in [-0.25, -0.2) is 4.79 Å². The van der Waals surface area contributed by atoms with Crippen molar-refractivity contribution in [2.24, 2.45) is 5.92 Å². The maximum absolute atomic E-state index is 12.4. The highest BCUT2D eigenvalue weighted by Crippen LogP contribution is 2.28. The lowest BCUT2D eigenvalue weighted by molar-refractivity contribution is -0.385. The van der Waals surface area contributed by atoms with Crippen molar-refractivity contribution in [3.05, 3.63) is 33.9 Å². The maximum atomic E-state index is 12.4. The van der Waals surface area contributed by atoms with E-state index >= 15 is 0 Å². The molecule has 1 aromatic rings. The Morgan fingerprint density at radius 2 is 1.96 bits per heavy atom. The Morgan fingerprint density at radius 3 is 2.46 bits per heavy atom. The molecule has 3 amide bonds. The fraction of sp³-hybridized carbons (Fsp3) is 0.500. The summed E-state index contributed by atoms with van der Waals surface area (Å²) in [5, 5.41) is 13.6. The zero-order chi connectivity index (χ0) is 18.0. The molecule has 1 saturated heterocycles. The molecular weight excluding hydrogens is 314 g/mol. The lowest BCUT2D eigenvalue weighted by Gasteiger charge is -2.18. The molecule has 0 saturated carbocycles. The van der Waals surface area contributed by atoms with E-state index in [0.29, 0.717) is 11.3 Å². The van der Waals surface area contributed by atoms with Crippen LogP contribution in [0.15, 0.2) is 18.2 Å². The minimum Gasteiger partial charge on any atom is -0.491 e. The minimum atomic E-state index is -0.578. The van der Waals surface area contributed by atoms with Crippen LogP contribution >= 0.6 is 0 Å². The molecule has 1 aliphatic heterocycles. The van der Waals surface area contributed by atoms with Crippen LogP contribution in [0.3, 0.4) is 0 Å². The van der Waals surface area contributed by atoms with E-state index < -0.39 is 17.0 Å². The summed E-state index contributed by atoms with van der Waals surface area (Å²) in [7, 11) is 0. The van der Waals surface area contributed by atoms with Crippen molar-refractivity contribution in [3.8, 4) is 5.75 Å². The number of carbonyl (C=O) groups excluding carboxylic acids is 2. The number of nitrogens with one attached hydrogen (secondary N) is 1. The summed E-state index contributed by atoms with van der Waals surface area (Å²) in [6.45, 7) is 7.26. The van der Waals surface area contributed by atoms with Crippen LogP contribution in [-0.4, -0.2) is 33.9 Å². The number of hydrogen-bond acceptors (Lipinski definition) is 5. The molecule has 1 atom stereocenters. The SMILES string of the molecule is CC(C)Oc1ccc([N+](=O)[O-])cc1CN1C(=O)NC(C(C)C)C1=O. The second-order valence-electron chi connectivity index (χ2n) is 6.31. The number of benzene rings is 1. The Balaban J connectivity index is 2.33. The first kappa shape index (κ1) is 17.7. The van der Waals surface area contributed by atoms with Gasteiger partial charge in [0.1, 0.15) is 11.8 Å². The van der Waals surface area contributed by atoms with Crippen molar-refractivity contribution in [2.45, 2.75) is 46.4 Å². The molecule has 0 aliphatic carbocycles. The summed E-state index contributed by atoms with van der Waals surface area (Å²) in [4.78, 5) is 36.0.